The van der Waals surface area contributed by atoms with Crippen molar-refractivity contribution in [2.45, 2.75) is 19.4 Å². The summed E-state index contributed by atoms with van der Waals surface area (Å²) in [5, 5.41) is 0. The molecule has 32 heavy (non-hydrogen) atoms. The number of ketones is 1. The third-order valence-electron chi connectivity index (χ3n) is 4.52. The molecule has 1 aliphatic rings. The predicted molar refractivity (Wildman–Crippen MR) is 143 cm³/mol. The summed E-state index contributed by atoms with van der Waals surface area (Å²) >= 11 is 0. The quantitative estimate of drug-likeness (QED) is 0.206. The molecule has 1 unspecified atom stereocenters. The van der Waals surface area contributed by atoms with Gasteiger partial charge in [-0.25, -0.2) is 0 Å². The van der Waals surface area contributed by atoms with Crippen LogP contribution in [0.15, 0.2) is 84.9 Å². The van der Waals surface area contributed by atoms with E-state index in [9.17, 15) is 0 Å². The van der Waals surface area contributed by atoms with E-state index in [2.05, 4.69) is 67.6 Å². The van der Waals surface area contributed by atoms with Gasteiger partial charge in [0.05, 0.1) is 23.6 Å². The van der Waals surface area contributed by atoms with E-state index in [-0.39, 0.29) is 6.10 Å². The molecule has 0 saturated carbocycles. The van der Waals surface area contributed by atoms with Crippen LogP contribution >= 0.6 is 53.0 Å². The van der Waals surface area contributed by atoms with Crippen LogP contribution in [0.2, 0.25) is 0 Å². The first-order valence-corrected chi connectivity index (χ1v) is 29.1. The fraction of sp³-hybridized carbons (Fsp3) is 0.136. The van der Waals surface area contributed by atoms with Gasteiger partial charge in [-0.15, -0.1) is 0 Å². The van der Waals surface area contributed by atoms with E-state index >= 15 is 0 Å². The number of hydrogen-bond acceptors (Lipinski definition) is 1. The number of rotatable bonds is 3. The molecule has 170 valence electrons. The molecule has 0 N–H and O–H groups in total. The summed E-state index contributed by atoms with van der Waals surface area (Å²) in [4.78, 5) is 0. The monoisotopic (exact) mass is 658 g/mol. The van der Waals surface area contributed by atoms with Crippen molar-refractivity contribution in [3.05, 3.63) is 102 Å². The number of carbonyl (C=O) groups excluding carboxylic acids is 1. The third kappa shape index (κ3) is 10.0. The van der Waals surface area contributed by atoms with Crippen LogP contribution < -0.4 is 5.46 Å². The van der Waals surface area contributed by atoms with Gasteiger partial charge in [-0.05, 0) is 24.6 Å². The zero-order chi connectivity index (χ0) is 23.5. The minimum absolute atomic E-state index is 0.0172. The minimum atomic E-state index is -5.42. The van der Waals surface area contributed by atoms with Crippen LogP contribution in [-0.2, 0) is 4.65 Å². The van der Waals surface area contributed by atoms with E-state index in [1.165, 1.54) is 11.1 Å². The Bertz CT molecular complexity index is 1060. The van der Waals surface area contributed by atoms with E-state index in [0.29, 0.717) is 0 Å². The first kappa shape index (κ1) is 26.5. The Labute approximate surface area is 208 Å². The average Bonchev–Trinajstić information content (AvgIpc) is 2.73. The van der Waals surface area contributed by atoms with E-state index in [1.54, 1.807) is 0 Å². The molecule has 0 saturated heterocycles. The number of benzene rings is 3. The molecule has 1 atom stereocenters. The van der Waals surface area contributed by atoms with Crippen molar-refractivity contribution < 1.29 is 9.00 Å². The Morgan fingerprint density at radius 2 is 1.28 bits per heavy atom. The molecule has 0 aromatic heterocycles. The summed E-state index contributed by atoms with van der Waals surface area (Å²) in [7, 11) is 24.6. The van der Waals surface area contributed by atoms with Crippen LogP contribution in [0, 0.1) is 6.92 Å². The van der Waals surface area contributed by atoms with Crippen molar-refractivity contribution in [1.29, 1.82) is 0 Å². The SMILES string of the molecule is Cc1ccc(B2OC(c3ccccc3)CC(c3ccccc3)=[O+]2)cc1.[Cl][Sb-]([Cl])([Cl])([Cl])([Cl])[Cl]. The molecule has 1 aliphatic heterocycles. The van der Waals surface area contributed by atoms with Crippen molar-refractivity contribution >= 4 is 80.5 Å². The first-order chi connectivity index (χ1) is 14.7. The fourth-order valence-corrected chi connectivity index (χ4v) is 3.12. The van der Waals surface area contributed by atoms with Gasteiger partial charge in [-0.2, -0.15) is 0 Å². The molecular weight excluding hydrogens is 642 g/mol. The topological polar surface area (TPSA) is 20.5 Å². The van der Waals surface area contributed by atoms with Crippen LogP contribution in [0.4, 0.5) is 0 Å². The van der Waals surface area contributed by atoms with Crippen LogP contribution in [0.1, 0.15) is 33.6 Å². The maximum atomic E-state index is 6.31. The number of halogens is 6. The molecule has 1 heterocycles. The standard InChI is InChI=1S/C22H20BO2.6ClH.Sb/c1-17-12-14-20(15-13-17)23-24-21(18-8-4-2-5-9-18)16-22(25-23)19-10-6-3-7-11-19;;;;;;;/h2-15,21H,16H2,1H3;6*1H;/q+1;;;;;;;+5/p-6. The Morgan fingerprint density at radius 1 is 0.781 bits per heavy atom. The third-order valence-corrected chi connectivity index (χ3v) is 4.52. The molecule has 3 aromatic rings. The normalized spacial score (nSPS) is 18.5. The van der Waals surface area contributed by atoms with E-state index in [1.807, 2.05) is 24.3 Å². The van der Waals surface area contributed by atoms with Crippen molar-refractivity contribution in [2.75, 3.05) is 0 Å². The molecule has 0 amide bonds. The summed E-state index contributed by atoms with van der Waals surface area (Å²) in [5.74, 6) is 0.978. The summed E-state index contributed by atoms with van der Waals surface area (Å²) in [6, 6.07) is 29.0. The molecule has 10 heteroatoms. The Balaban J connectivity index is 0.000000360. The molecule has 2 nitrogen and oxygen atoms in total. The van der Waals surface area contributed by atoms with E-state index < -0.39 is 16.3 Å². The molecule has 0 spiro atoms. The maximum absolute atomic E-state index is 6.31. The zero-order valence-corrected chi connectivity index (χ0v) is 24.1. The summed E-state index contributed by atoms with van der Waals surface area (Å²) in [6.45, 7) is 2.08. The first-order valence-electron chi connectivity index (χ1n) is 9.66. The second kappa shape index (κ2) is 9.88. The summed E-state index contributed by atoms with van der Waals surface area (Å²) in [5.41, 5.74) is 4.56. The van der Waals surface area contributed by atoms with Gasteiger partial charge in [0.15, 0.2) is 0 Å². The number of hydrogen-bond donors (Lipinski definition) is 0. The van der Waals surface area contributed by atoms with Crippen molar-refractivity contribution in [3.63, 3.8) is 0 Å². The van der Waals surface area contributed by atoms with Crippen molar-refractivity contribution in [1.82, 2.24) is 0 Å². The molecule has 0 radical (unpaired) electrons. The molecule has 0 fully saturated rings. The van der Waals surface area contributed by atoms with Gasteiger partial charge in [0.1, 0.15) is 0 Å². The predicted octanol–water partition coefficient (Wildman–Crippen LogP) is 8.03. The molecular formula is C22H20BCl6O2Sb. The molecule has 3 aromatic carbocycles. The Kier molecular flexibility index (Phi) is 8.19. The molecule has 0 aliphatic carbocycles. The zero-order valence-electron chi connectivity index (χ0n) is 17.0. The fourth-order valence-electron chi connectivity index (χ4n) is 3.12. The Morgan fingerprint density at radius 3 is 1.81 bits per heavy atom. The average molecular weight is 662 g/mol. The van der Waals surface area contributed by atoms with Gasteiger partial charge < -0.3 is 9.00 Å². The molecule has 0 bridgehead atoms. The van der Waals surface area contributed by atoms with Crippen molar-refractivity contribution in [2.24, 2.45) is 0 Å². The second-order valence-electron chi connectivity index (χ2n) is 7.35. The van der Waals surface area contributed by atoms with Gasteiger partial charge in [-0.1, -0.05) is 78.4 Å². The molecule has 4 rings (SSSR count). The number of aryl methyl sites for hydroxylation is 1. The van der Waals surface area contributed by atoms with Crippen LogP contribution in [0.25, 0.3) is 0 Å². The van der Waals surface area contributed by atoms with Crippen LogP contribution in [-0.4, -0.2) is 22.0 Å². The van der Waals surface area contributed by atoms with Crippen molar-refractivity contribution in [3.8, 4) is 0 Å². The van der Waals surface area contributed by atoms with Gasteiger partial charge in [0.2, 0.25) is 0 Å². The van der Waals surface area contributed by atoms with Crippen LogP contribution in [0.3, 0.4) is 0 Å². The second-order valence-corrected chi connectivity index (χ2v) is 64.2. The van der Waals surface area contributed by atoms with Crippen LogP contribution in [0.5, 0.6) is 0 Å². The van der Waals surface area contributed by atoms with Gasteiger partial charge in [0, 0.05) is 0 Å². The Hall–Kier alpha value is -0.0869. The van der Waals surface area contributed by atoms with Gasteiger partial charge in [-0.3, -0.25) is 0 Å². The van der Waals surface area contributed by atoms with E-state index in [0.717, 1.165) is 23.2 Å². The summed E-state index contributed by atoms with van der Waals surface area (Å²) < 4.78 is 12.6. The van der Waals surface area contributed by atoms with E-state index in [4.69, 9.17) is 62.0 Å². The van der Waals surface area contributed by atoms with Gasteiger partial charge in [0.25, 0.3) is 5.78 Å². The van der Waals surface area contributed by atoms with Gasteiger partial charge >= 0.3 is 69.2 Å². The summed E-state index contributed by atoms with van der Waals surface area (Å²) in [6.07, 6.45) is 0.715.